The molecule has 2 aromatic heterocycles. The zero-order valence-corrected chi connectivity index (χ0v) is 19.3. The summed E-state index contributed by atoms with van der Waals surface area (Å²) in [6, 6.07) is 8.80. The number of benzene rings is 1. The van der Waals surface area contributed by atoms with Gasteiger partial charge in [0.15, 0.2) is 5.16 Å². The molecule has 4 rings (SSSR count). The lowest BCUT2D eigenvalue weighted by Crippen LogP contribution is -2.16. The van der Waals surface area contributed by atoms with Crippen LogP contribution in [0.2, 0.25) is 0 Å². The summed E-state index contributed by atoms with van der Waals surface area (Å²) >= 11 is 3.49. The first kappa shape index (κ1) is 20.6. The van der Waals surface area contributed by atoms with E-state index in [0.29, 0.717) is 12.0 Å². The molecule has 1 aromatic carbocycles. The Morgan fingerprint density at radius 2 is 2.00 bits per heavy atom. The number of thiazole rings is 1. The van der Waals surface area contributed by atoms with E-state index in [1.165, 1.54) is 23.2 Å². The van der Waals surface area contributed by atoms with Crippen molar-refractivity contribution in [2.45, 2.75) is 70.0 Å². The van der Waals surface area contributed by atoms with Crippen molar-refractivity contribution < 1.29 is 4.74 Å². The molecule has 3 aromatic rings. The zero-order chi connectivity index (χ0) is 20.4. The van der Waals surface area contributed by atoms with E-state index >= 15 is 0 Å². The molecular formula is C23H29N3OS2. The van der Waals surface area contributed by atoms with Crippen LogP contribution in [0.15, 0.2) is 34.8 Å². The fraction of sp³-hybridized carbons (Fsp3) is 0.478. The van der Waals surface area contributed by atoms with E-state index in [1.54, 1.807) is 23.1 Å². The molecular weight excluding hydrogens is 398 g/mol. The monoisotopic (exact) mass is 427 g/mol. The summed E-state index contributed by atoms with van der Waals surface area (Å²) in [4.78, 5) is 9.67. The number of ether oxygens (including phenoxy) is 1. The highest BCUT2D eigenvalue weighted by atomic mass is 32.2. The lowest BCUT2D eigenvalue weighted by molar-refractivity contribution is 0.0945. The standard InChI is InChI=1S/C23H29N3OS2/c1-15(2)18-7-9-19(10-8-18)22-25-20(13-28-22)14-29-23-24-16(3)17(4)26(23)12-21-6-5-11-27-21/h7-10,13,15,21H,5-6,11-12,14H2,1-4H3. The maximum Gasteiger partial charge on any atom is 0.168 e. The summed E-state index contributed by atoms with van der Waals surface area (Å²) in [5, 5.41) is 4.34. The van der Waals surface area contributed by atoms with E-state index < -0.39 is 0 Å². The fourth-order valence-electron chi connectivity index (χ4n) is 3.60. The molecule has 0 saturated carbocycles. The largest absolute Gasteiger partial charge is 0.376 e. The minimum Gasteiger partial charge on any atom is -0.376 e. The lowest BCUT2D eigenvalue weighted by atomic mass is 10.0. The maximum absolute atomic E-state index is 5.85. The summed E-state index contributed by atoms with van der Waals surface area (Å²) in [5.74, 6) is 1.39. The van der Waals surface area contributed by atoms with E-state index in [1.807, 2.05) is 0 Å². The van der Waals surface area contributed by atoms with Crippen molar-refractivity contribution in [3.63, 3.8) is 0 Å². The third-order valence-electron chi connectivity index (χ3n) is 5.56. The van der Waals surface area contributed by atoms with Crippen LogP contribution in [0.4, 0.5) is 0 Å². The van der Waals surface area contributed by atoms with Crippen LogP contribution >= 0.6 is 23.1 Å². The first-order valence-electron chi connectivity index (χ1n) is 10.3. The Morgan fingerprint density at radius 1 is 1.21 bits per heavy atom. The van der Waals surface area contributed by atoms with Gasteiger partial charge in [-0.15, -0.1) is 11.3 Å². The Labute approximate surface area is 181 Å². The van der Waals surface area contributed by atoms with Crippen molar-refractivity contribution in [3.8, 4) is 10.6 Å². The third kappa shape index (κ3) is 4.76. The Kier molecular flexibility index (Phi) is 6.42. The molecule has 0 aliphatic carbocycles. The first-order chi connectivity index (χ1) is 14.0. The van der Waals surface area contributed by atoms with Gasteiger partial charge in [0, 0.05) is 29.0 Å². The molecule has 1 fully saturated rings. The highest BCUT2D eigenvalue weighted by molar-refractivity contribution is 7.98. The van der Waals surface area contributed by atoms with Crippen LogP contribution in [0.1, 0.15) is 55.3 Å². The number of hydrogen-bond donors (Lipinski definition) is 0. The maximum atomic E-state index is 5.85. The van der Waals surface area contributed by atoms with Gasteiger partial charge in [-0.3, -0.25) is 0 Å². The zero-order valence-electron chi connectivity index (χ0n) is 17.6. The average molecular weight is 428 g/mol. The van der Waals surface area contributed by atoms with Gasteiger partial charge in [0.05, 0.1) is 24.0 Å². The van der Waals surface area contributed by atoms with Crippen LogP contribution in [-0.4, -0.2) is 27.2 Å². The van der Waals surface area contributed by atoms with Gasteiger partial charge in [-0.2, -0.15) is 0 Å². The Balaban J connectivity index is 1.44. The molecule has 1 saturated heterocycles. The summed E-state index contributed by atoms with van der Waals surface area (Å²) in [6.07, 6.45) is 2.63. The van der Waals surface area contributed by atoms with E-state index in [0.717, 1.165) is 46.9 Å². The Bertz CT molecular complexity index is 953. The van der Waals surface area contributed by atoms with Gasteiger partial charge in [-0.05, 0) is 38.2 Å². The highest BCUT2D eigenvalue weighted by Crippen LogP contribution is 2.30. The predicted molar refractivity (Wildman–Crippen MR) is 122 cm³/mol. The van der Waals surface area contributed by atoms with Crippen molar-refractivity contribution in [1.82, 2.24) is 14.5 Å². The van der Waals surface area contributed by atoms with Gasteiger partial charge >= 0.3 is 0 Å². The van der Waals surface area contributed by atoms with Crippen LogP contribution in [0, 0.1) is 13.8 Å². The molecule has 0 spiro atoms. The molecule has 0 N–H and O–H groups in total. The van der Waals surface area contributed by atoms with Gasteiger partial charge in [0.25, 0.3) is 0 Å². The van der Waals surface area contributed by atoms with E-state index in [4.69, 9.17) is 14.7 Å². The second-order valence-corrected chi connectivity index (χ2v) is 9.82. The fourth-order valence-corrected chi connectivity index (χ4v) is 5.52. The molecule has 0 radical (unpaired) electrons. The summed E-state index contributed by atoms with van der Waals surface area (Å²) in [5.41, 5.74) is 6.03. The van der Waals surface area contributed by atoms with E-state index in [9.17, 15) is 0 Å². The SMILES string of the molecule is Cc1nc(SCc2csc(-c3ccc(C(C)C)cc3)n2)n(CC2CCCO2)c1C. The summed E-state index contributed by atoms with van der Waals surface area (Å²) in [7, 11) is 0. The molecule has 0 amide bonds. The molecule has 1 aliphatic heterocycles. The second-order valence-electron chi connectivity index (χ2n) is 8.02. The minimum absolute atomic E-state index is 0.321. The Hall–Kier alpha value is -1.63. The number of nitrogens with zero attached hydrogens (tertiary/aromatic N) is 3. The second kappa shape index (κ2) is 9.02. The molecule has 1 unspecified atom stereocenters. The molecule has 0 bridgehead atoms. The van der Waals surface area contributed by atoms with Crippen molar-refractivity contribution in [2.75, 3.05) is 6.61 Å². The molecule has 6 heteroatoms. The average Bonchev–Trinajstić information content (AvgIpc) is 3.45. The smallest absolute Gasteiger partial charge is 0.168 e. The van der Waals surface area contributed by atoms with Crippen LogP contribution in [0.5, 0.6) is 0 Å². The number of rotatable bonds is 7. The van der Waals surface area contributed by atoms with Crippen LogP contribution in [0.25, 0.3) is 10.6 Å². The molecule has 1 aliphatic rings. The van der Waals surface area contributed by atoms with Crippen LogP contribution in [0.3, 0.4) is 0 Å². The van der Waals surface area contributed by atoms with Gasteiger partial charge in [0.1, 0.15) is 5.01 Å². The highest BCUT2D eigenvalue weighted by Gasteiger charge is 2.20. The number of aryl methyl sites for hydroxylation is 1. The number of imidazole rings is 1. The van der Waals surface area contributed by atoms with Gasteiger partial charge in [0.2, 0.25) is 0 Å². The minimum atomic E-state index is 0.321. The van der Waals surface area contributed by atoms with Crippen molar-refractivity contribution in [3.05, 3.63) is 52.3 Å². The molecule has 4 nitrogen and oxygen atoms in total. The third-order valence-corrected chi connectivity index (χ3v) is 7.51. The molecule has 3 heterocycles. The lowest BCUT2D eigenvalue weighted by Gasteiger charge is -2.14. The topological polar surface area (TPSA) is 39.9 Å². The number of aromatic nitrogens is 3. The van der Waals surface area contributed by atoms with Crippen LogP contribution in [-0.2, 0) is 17.0 Å². The quantitative estimate of drug-likeness (QED) is 0.420. The van der Waals surface area contributed by atoms with E-state index in [2.05, 4.69) is 61.9 Å². The first-order valence-corrected chi connectivity index (χ1v) is 12.2. The predicted octanol–water partition coefficient (Wildman–Crippen LogP) is 6.22. The van der Waals surface area contributed by atoms with Crippen molar-refractivity contribution >= 4 is 23.1 Å². The van der Waals surface area contributed by atoms with Gasteiger partial charge in [-0.25, -0.2) is 9.97 Å². The summed E-state index contributed by atoms with van der Waals surface area (Å²) < 4.78 is 8.17. The van der Waals surface area contributed by atoms with Crippen LogP contribution < -0.4 is 0 Å². The number of hydrogen-bond acceptors (Lipinski definition) is 5. The summed E-state index contributed by atoms with van der Waals surface area (Å²) in [6.45, 7) is 10.5. The molecule has 154 valence electrons. The molecule has 1 atom stereocenters. The normalized spacial score (nSPS) is 16.8. The Morgan fingerprint density at radius 3 is 2.69 bits per heavy atom. The van der Waals surface area contributed by atoms with Crippen molar-refractivity contribution in [1.29, 1.82) is 0 Å². The van der Waals surface area contributed by atoms with Gasteiger partial charge < -0.3 is 9.30 Å². The van der Waals surface area contributed by atoms with E-state index in [-0.39, 0.29) is 0 Å². The molecule has 29 heavy (non-hydrogen) atoms. The van der Waals surface area contributed by atoms with Crippen molar-refractivity contribution in [2.24, 2.45) is 0 Å². The number of thioether (sulfide) groups is 1. The van der Waals surface area contributed by atoms with Gasteiger partial charge in [-0.1, -0.05) is 49.9 Å².